The summed E-state index contributed by atoms with van der Waals surface area (Å²) in [6, 6.07) is 9.99. The zero-order valence-corrected chi connectivity index (χ0v) is 8.64. The maximum absolute atomic E-state index is 9.87. The van der Waals surface area contributed by atoms with Gasteiger partial charge in [-0.25, -0.2) is 0 Å². The van der Waals surface area contributed by atoms with Gasteiger partial charge in [-0.2, -0.15) is 0 Å². The van der Waals surface area contributed by atoms with Crippen LogP contribution in [0.25, 0.3) is 0 Å². The second-order valence-electron chi connectivity index (χ2n) is 2.96. The molecule has 0 fully saturated rings. The van der Waals surface area contributed by atoms with Gasteiger partial charge < -0.3 is 10.8 Å². The molecule has 0 amide bonds. The van der Waals surface area contributed by atoms with E-state index in [4.69, 9.17) is 10.8 Å². The fraction of sp³-hybridized carbons (Fsp3) is 0.273. The van der Waals surface area contributed by atoms with Crippen LogP contribution in [0.15, 0.2) is 30.3 Å². The molecule has 0 aliphatic heterocycles. The van der Waals surface area contributed by atoms with Gasteiger partial charge in [0.05, 0.1) is 0 Å². The quantitative estimate of drug-likeness (QED) is 0.733. The molecule has 0 aromatic heterocycles. The van der Waals surface area contributed by atoms with E-state index in [1.54, 1.807) is 0 Å². The van der Waals surface area contributed by atoms with Crippen molar-refractivity contribution in [2.45, 2.75) is 19.9 Å². The number of carbonyl (C=O) groups excluding carboxylic acids is 1. The van der Waals surface area contributed by atoms with Crippen molar-refractivity contribution >= 4 is 11.8 Å². The van der Waals surface area contributed by atoms with E-state index < -0.39 is 5.97 Å². The number of aliphatic carboxylic acids is 1. The smallest absolute Gasteiger partial charge is 0.310 e. The Morgan fingerprint density at radius 3 is 2.00 bits per heavy atom. The van der Waals surface area contributed by atoms with Crippen LogP contribution in [-0.2, 0) is 16.1 Å². The molecule has 0 radical (unpaired) electrons. The largest absolute Gasteiger partial charge is 0.481 e. The van der Waals surface area contributed by atoms with Crippen molar-refractivity contribution in [3.63, 3.8) is 0 Å². The SMILES string of the molecule is CC(=O)CC(=O)O.NCc1ccccc1. The summed E-state index contributed by atoms with van der Waals surface area (Å²) in [5.74, 6) is -1.37. The summed E-state index contributed by atoms with van der Waals surface area (Å²) < 4.78 is 0. The van der Waals surface area contributed by atoms with E-state index in [1.165, 1.54) is 12.5 Å². The van der Waals surface area contributed by atoms with Gasteiger partial charge in [0.15, 0.2) is 0 Å². The Balaban J connectivity index is 0.000000265. The van der Waals surface area contributed by atoms with Crippen LogP contribution < -0.4 is 5.73 Å². The molecule has 4 nitrogen and oxygen atoms in total. The molecule has 1 aromatic carbocycles. The Kier molecular flexibility index (Phi) is 6.84. The molecule has 0 heterocycles. The number of ketones is 1. The maximum Gasteiger partial charge on any atom is 0.310 e. The van der Waals surface area contributed by atoms with Crippen LogP contribution in [0.2, 0.25) is 0 Å². The minimum absolute atomic E-state index is 0.312. The molecule has 0 aliphatic carbocycles. The molecule has 4 heteroatoms. The van der Waals surface area contributed by atoms with E-state index in [9.17, 15) is 9.59 Å². The summed E-state index contributed by atoms with van der Waals surface area (Å²) in [4.78, 5) is 19.5. The van der Waals surface area contributed by atoms with Crippen molar-refractivity contribution < 1.29 is 14.7 Å². The van der Waals surface area contributed by atoms with Gasteiger partial charge in [0.1, 0.15) is 12.2 Å². The third kappa shape index (κ3) is 8.64. The highest BCUT2D eigenvalue weighted by Crippen LogP contribution is 1.94. The molecule has 0 aliphatic rings. The molecule has 1 rings (SSSR count). The number of hydrogen-bond acceptors (Lipinski definition) is 3. The number of hydrogen-bond donors (Lipinski definition) is 2. The second-order valence-corrected chi connectivity index (χ2v) is 2.96. The number of Topliss-reactive ketones (excluding diaryl/α,β-unsaturated/α-hetero) is 1. The number of carboxylic acids is 1. The standard InChI is InChI=1S/C7H9N.C4H6O3/c8-6-7-4-2-1-3-5-7;1-3(5)2-4(6)7/h1-5H,6,8H2;2H2,1H3,(H,6,7). The van der Waals surface area contributed by atoms with E-state index in [1.807, 2.05) is 30.3 Å². The van der Waals surface area contributed by atoms with Crippen molar-refractivity contribution in [1.29, 1.82) is 0 Å². The average Bonchev–Trinajstić information content (AvgIpc) is 2.18. The Labute approximate surface area is 88.7 Å². The van der Waals surface area contributed by atoms with Gasteiger partial charge >= 0.3 is 5.97 Å². The lowest BCUT2D eigenvalue weighted by atomic mass is 10.2. The highest BCUT2D eigenvalue weighted by molar-refractivity contribution is 5.93. The van der Waals surface area contributed by atoms with Crippen molar-refractivity contribution in [1.82, 2.24) is 0 Å². The zero-order chi connectivity index (χ0) is 11.7. The van der Waals surface area contributed by atoms with Crippen molar-refractivity contribution in [3.05, 3.63) is 35.9 Å². The topological polar surface area (TPSA) is 80.4 Å². The molecule has 0 spiro atoms. The molecule has 3 N–H and O–H groups in total. The van der Waals surface area contributed by atoms with Gasteiger partial charge in [0.2, 0.25) is 0 Å². The summed E-state index contributed by atoms with van der Waals surface area (Å²) in [7, 11) is 0. The predicted molar refractivity (Wildman–Crippen MR) is 57.3 cm³/mol. The Morgan fingerprint density at radius 1 is 1.27 bits per heavy atom. The summed E-state index contributed by atoms with van der Waals surface area (Å²) in [5, 5.41) is 7.86. The lowest BCUT2D eigenvalue weighted by Crippen LogP contribution is -2.00. The monoisotopic (exact) mass is 209 g/mol. The Hall–Kier alpha value is -1.68. The van der Waals surface area contributed by atoms with E-state index in [0.717, 1.165) is 0 Å². The summed E-state index contributed by atoms with van der Waals surface area (Å²) in [5.41, 5.74) is 6.54. The van der Waals surface area contributed by atoms with Crippen molar-refractivity contribution in [3.8, 4) is 0 Å². The second kappa shape index (κ2) is 7.70. The van der Waals surface area contributed by atoms with Crippen LogP contribution in [0.3, 0.4) is 0 Å². The predicted octanol–water partition coefficient (Wildman–Crippen LogP) is 1.20. The van der Waals surface area contributed by atoms with Crippen LogP contribution in [0, 0.1) is 0 Å². The van der Waals surface area contributed by atoms with Gasteiger partial charge in [-0.1, -0.05) is 30.3 Å². The minimum atomic E-state index is -1.06. The Bertz CT molecular complexity index is 297. The van der Waals surface area contributed by atoms with Crippen molar-refractivity contribution in [2.75, 3.05) is 0 Å². The number of nitrogens with two attached hydrogens (primary N) is 1. The zero-order valence-electron chi connectivity index (χ0n) is 8.64. The molecule has 15 heavy (non-hydrogen) atoms. The minimum Gasteiger partial charge on any atom is -0.481 e. The van der Waals surface area contributed by atoms with Gasteiger partial charge in [0, 0.05) is 6.54 Å². The van der Waals surface area contributed by atoms with Gasteiger partial charge in [-0.3, -0.25) is 9.59 Å². The first-order chi connectivity index (χ1) is 7.06. The van der Waals surface area contributed by atoms with Gasteiger partial charge in [0.25, 0.3) is 0 Å². The molecule has 0 atom stereocenters. The average molecular weight is 209 g/mol. The van der Waals surface area contributed by atoms with Crippen molar-refractivity contribution in [2.24, 2.45) is 5.73 Å². The first kappa shape index (κ1) is 13.3. The first-order valence-corrected chi connectivity index (χ1v) is 4.51. The fourth-order valence-electron chi connectivity index (χ4n) is 0.827. The number of carboxylic acid groups (broad SMARTS) is 1. The van der Waals surface area contributed by atoms with Crippen LogP contribution in [0.1, 0.15) is 18.9 Å². The fourth-order valence-corrected chi connectivity index (χ4v) is 0.827. The molecule has 82 valence electrons. The van der Waals surface area contributed by atoms with Crippen LogP contribution >= 0.6 is 0 Å². The van der Waals surface area contributed by atoms with Gasteiger partial charge in [-0.05, 0) is 12.5 Å². The van der Waals surface area contributed by atoms with Gasteiger partial charge in [-0.15, -0.1) is 0 Å². The number of carbonyl (C=O) groups is 2. The lowest BCUT2D eigenvalue weighted by Gasteiger charge is -1.90. The normalized spacial score (nSPS) is 8.67. The highest BCUT2D eigenvalue weighted by Gasteiger charge is 1.98. The molecule has 0 saturated heterocycles. The summed E-state index contributed by atoms with van der Waals surface area (Å²) >= 11 is 0. The molecule has 0 bridgehead atoms. The van der Waals surface area contributed by atoms with E-state index in [0.29, 0.717) is 6.54 Å². The van der Waals surface area contributed by atoms with Crippen LogP contribution in [0.5, 0.6) is 0 Å². The third-order valence-corrected chi connectivity index (χ3v) is 1.48. The highest BCUT2D eigenvalue weighted by atomic mass is 16.4. The molecular formula is C11H15NO3. The Morgan fingerprint density at radius 2 is 1.80 bits per heavy atom. The first-order valence-electron chi connectivity index (χ1n) is 4.51. The number of benzene rings is 1. The summed E-state index contributed by atoms with van der Waals surface area (Å²) in [6.07, 6.45) is -0.361. The molecular weight excluding hydrogens is 194 g/mol. The number of rotatable bonds is 3. The summed E-state index contributed by atoms with van der Waals surface area (Å²) in [6.45, 7) is 1.88. The maximum atomic E-state index is 9.87. The van der Waals surface area contributed by atoms with E-state index in [2.05, 4.69) is 0 Å². The van der Waals surface area contributed by atoms with E-state index in [-0.39, 0.29) is 12.2 Å². The third-order valence-electron chi connectivity index (χ3n) is 1.48. The van der Waals surface area contributed by atoms with Crippen LogP contribution in [-0.4, -0.2) is 16.9 Å². The molecule has 0 saturated carbocycles. The van der Waals surface area contributed by atoms with Crippen LogP contribution in [0.4, 0.5) is 0 Å². The molecule has 1 aromatic rings. The van der Waals surface area contributed by atoms with E-state index >= 15 is 0 Å². The lowest BCUT2D eigenvalue weighted by molar-refractivity contribution is -0.139. The molecule has 0 unspecified atom stereocenters.